The standard InChI is InChI=1S/C13H23N3/c1-11(2)6-8-14-7-5-9-16-13(4)10-12(3)15-16/h10,14H,1,5-9H2,2-4H3. The Morgan fingerprint density at radius 1 is 1.44 bits per heavy atom. The van der Waals surface area contributed by atoms with Crippen LogP contribution in [0.3, 0.4) is 0 Å². The monoisotopic (exact) mass is 221 g/mol. The van der Waals surface area contributed by atoms with E-state index in [1.165, 1.54) is 11.3 Å². The fourth-order valence-corrected chi connectivity index (χ4v) is 1.68. The summed E-state index contributed by atoms with van der Waals surface area (Å²) in [6, 6.07) is 2.12. The first kappa shape index (κ1) is 13.0. The van der Waals surface area contributed by atoms with Gasteiger partial charge in [-0.15, -0.1) is 6.58 Å². The number of aromatic nitrogens is 2. The average Bonchev–Trinajstić information content (AvgIpc) is 2.50. The molecule has 0 saturated heterocycles. The van der Waals surface area contributed by atoms with Crippen LogP contribution in [0, 0.1) is 13.8 Å². The lowest BCUT2D eigenvalue weighted by Gasteiger charge is -2.06. The first-order valence-electron chi connectivity index (χ1n) is 5.96. The number of nitrogens with one attached hydrogen (secondary N) is 1. The van der Waals surface area contributed by atoms with Crippen LogP contribution in [0.2, 0.25) is 0 Å². The van der Waals surface area contributed by atoms with Crippen LogP contribution in [0.25, 0.3) is 0 Å². The molecule has 1 heterocycles. The predicted octanol–water partition coefficient (Wildman–Crippen LogP) is 2.45. The van der Waals surface area contributed by atoms with E-state index in [1.54, 1.807) is 0 Å². The second kappa shape index (κ2) is 6.48. The van der Waals surface area contributed by atoms with Crippen molar-refractivity contribution < 1.29 is 0 Å². The molecular weight excluding hydrogens is 198 g/mol. The Morgan fingerprint density at radius 3 is 2.75 bits per heavy atom. The maximum Gasteiger partial charge on any atom is 0.0596 e. The van der Waals surface area contributed by atoms with Gasteiger partial charge in [0.1, 0.15) is 0 Å². The molecule has 3 heteroatoms. The van der Waals surface area contributed by atoms with Gasteiger partial charge in [0.05, 0.1) is 5.69 Å². The third kappa shape index (κ3) is 4.62. The molecule has 0 radical (unpaired) electrons. The lowest BCUT2D eigenvalue weighted by atomic mass is 10.2. The molecule has 0 aliphatic carbocycles. The van der Waals surface area contributed by atoms with E-state index >= 15 is 0 Å². The van der Waals surface area contributed by atoms with Crippen molar-refractivity contribution in [3.05, 3.63) is 29.6 Å². The van der Waals surface area contributed by atoms with Crippen molar-refractivity contribution in [3.8, 4) is 0 Å². The van der Waals surface area contributed by atoms with Crippen LogP contribution in [-0.2, 0) is 6.54 Å². The largest absolute Gasteiger partial charge is 0.316 e. The van der Waals surface area contributed by atoms with E-state index < -0.39 is 0 Å². The second-order valence-corrected chi connectivity index (χ2v) is 4.46. The van der Waals surface area contributed by atoms with E-state index in [9.17, 15) is 0 Å². The first-order chi connectivity index (χ1) is 7.59. The topological polar surface area (TPSA) is 29.9 Å². The van der Waals surface area contributed by atoms with Crippen molar-refractivity contribution in [2.45, 2.75) is 40.2 Å². The highest BCUT2D eigenvalue weighted by atomic mass is 15.3. The number of hydrogen-bond donors (Lipinski definition) is 1. The zero-order valence-electron chi connectivity index (χ0n) is 10.7. The summed E-state index contributed by atoms with van der Waals surface area (Å²) in [6.07, 6.45) is 2.19. The normalized spacial score (nSPS) is 10.7. The van der Waals surface area contributed by atoms with Crippen molar-refractivity contribution in [1.82, 2.24) is 15.1 Å². The van der Waals surface area contributed by atoms with E-state index in [4.69, 9.17) is 0 Å². The Morgan fingerprint density at radius 2 is 2.19 bits per heavy atom. The lowest BCUT2D eigenvalue weighted by Crippen LogP contribution is -2.18. The van der Waals surface area contributed by atoms with Crippen molar-refractivity contribution >= 4 is 0 Å². The fraction of sp³-hybridized carbons (Fsp3) is 0.615. The third-order valence-corrected chi connectivity index (χ3v) is 2.56. The van der Waals surface area contributed by atoms with E-state index in [0.717, 1.165) is 38.2 Å². The molecule has 1 rings (SSSR count). The summed E-state index contributed by atoms with van der Waals surface area (Å²) in [5.74, 6) is 0. The Labute approximate surface area is 98.5 Å². The van der Waals surface area contributed by atoms with Crippen LogP contribution in [-0.4, -0.2) is 22.9 Å². The molecule has 0 atom stereocenters. The summed E-state index contributed by atoms with van der Waals surface area (Å²) in [5.41, 5.74) is 3.60. The number of aryl methyl sites for hydroxylation is 3. The summed E-state index contributed by atoms with van der Waals surface area (Å²) >= 11 is 0. The zero-order chi connectivity index (χ0) is 12.0. The minimum absolute atomic E-state index is 1.000. The van der Waals surface area contributed by atoms with Gasteiger partial charge in [0.25, 0.3) is 0 Å². The van der Waals surface area contributed by atoms with Crippen LogP contribution >= 0.6 is 0 Å². The summed E-state index contributed by atoms with van der Waals surface area (Å²) in [6.45, 7) is 13.2. The van der Waals surface area contributed by atoms with Crippen molar-refractivity contribution in [2.24, 2.45) is 0 Å². The average molecular weight is 221 g/mol. The van der Waals surface area contributed by atoms with E-state index in [2.05, 4.69) is 41.6 Å². The molecule has 0 unspecified atom stereocenters. The molecule has 0 spiro atoms. The molecular formula is C13H23N3. The smallest absolute Gasteiger partial charge is 0.0596 e. The summed E-state index contributed by atoms with van der Waals surface area (Å²) < 4.78 is 2.08. The van der Waals surface area contributed by atoms with E-state index in [-0.39, 0.29) is 0 Å². The van der Waals surface area contributed by atoms with Gasteiger partial charge in [-0.3, -0.25) is 4.68 Å². The lowest BCUT2D eigenvalue weighted by molar-refractivity contribution is 0.533. The van der Waals surface area contributed by atoms with Gasteiger partial charge in [-0.1, -0.05) is 5.57 Å². The quantitative estimate of drug-likeness (QED) is 0.566. The molecule has 1 aromatic heterocycles. The summed E-state index contributed by atoms with van der Waals surface area (Å²) in [4.78, 5) is 0. The molecule has 1 aromatic rings. The Balaban J connectivity index is 2.11. The van der Waals surface area contributed by atoms with Crippen molar-refractivity contribution in [3.63, 3.8) is 0 Å². The summed E-state index contributed by atoms with van der Waals surface area (Å²) in [5, 5.41) is 7.84. The van der Waals surface area contributed by atoms with Crippen LogP contribution in [0.4, 0.5) is 0 Å². The van der Waals surface area contributed by atoms with Crippen LogP contribution in [0.1, 0.15) is 31.2 Å². The summed E-state index contributed by atoms with van der Waals surface area (Å²) in [7, 11) is 0. The molecule has 0 saturated carbocycles. The molecule has 90 valence electrons. The molecule has 0 aliphatic heterocycles. The number of rotatable bonds is 7. The van der Waals surface area contributed by atoms with Crippen LogP contribution in [0.15, 0.2) is 18.2 Å². The number of nitrogens with zero attached hydrogens (tertiary/aromatic N) is 2. The second-order valence-electron chi connectivity index (χ2n) is 4.46. The van der Waals surface area contributed by atoms with Gasteiger partial charge < -0.3 is 5.32 Å². The fourth-order valence-electron chi connectivity index (χ4n) is 1.68. The first-order valence-corrected chi connectivity index (χ1v) is 5.96. The van der Waals surface area contributed by atoms with E-state index in [1.807, 2.05) is 6.92 Å². The van der Waals surface area contributed by atoms with Gasteiger partial charge >= 0.3 is 0 Å². The van der Waals surface area contributed by atoms with Gasteiger partial charge in [0, 0.05) is 12.2 Å². The Bertz CT molecular complexity index is 339. The molecule has 16 heavy (non-hydrogen) atoms. The van der Waals surface area contributed by atoms with Crippen LogP contribution < -0.4 is 5.32 Å². The SMILES string of the molecule is C=C(C)CCNCCCn1nc(C)cc1C. The maximum absolute atomic E-state index is 4.43. The third-order valence-electron chi connectivity index (χ3n) is 2.56. The molecule has 0 aliphatic rings. The molecule has 0 aromatic carbocycles. The molecule has 1 N–H and O–H groups in total. The van der Waals surface area contributed by atoms with Gasteiger partial charge in [-0.25, -0.2) is 0 Å². The molecule has 0 amide bonds. The van der Waals surface area contributed by atoms with Gasteiger partial charge in [-0.05, 0) is 52.8 Å². The van der Waals surface area contributed by atoms with E-state index in [0.29, 0.717) is 0 Å². The Hall–Kier alpha value is -1.09. The minimum Gasteiger partial charge on any atom is -0.316 e. The van der Waals surface area contributed by atoms with Crippen LogP contribution in [0.5, 0.6) is 0 Å². The van der Waals surface area contributed by atoms with Gasteiger partial charge in [0.2, 0.25) is 0 Å². The Kier molecular flexibility index (Phi) is 5.26. The number of hydrogen-bond acceptors (Lipinski definition) is 2. The van der Waals surface area contributed by atoms with Gasteiger partial charge in [0.15, 0.2) is 0 Å². The van der Waals surface area contributed by atoms with Gasteiger partial charge in [-0.2, -0.15) is 5.10 Å². The highest BCUT2D eigenvalue weighted by Gasteiger charge is 1.99. The zero-order valence-corrected chi connectivity index (χ0v) is 10.7. The highest BCUT2D eigenvalue weighted by Crippen LogP contribution is 2.02. The molecule has 0 fully saturated rings. The van der Waals surface area contributed by atoms with Crippen molar-refractivity contribution in [2.75, 3.05) is 13.1 Å². The molecule has 0 bridgehead atoms. The maximum atomic E-state index is 4.43. The minimum atomic E-state index is 1.000. The molecule has 3 nitrogen and oxygen atoms in total. The van der Waals surface area contributed by atoms with Crippen molar-refractivity contribution in [1.29, 1.82) is 0 Å². The predicted molar refractivity (Wildman–Crippen MR) is 68.6 cm³/mol. The highest BCUT2D eigenvalue weighted by molar-refractivity contribution is 5.06.